The van der Waals surface area contributed by atoms with Crippen LogP contribution in [-0.4, -0.2) is 9.13 Å². The molecular formula is C15H17IN2O2. The van der Waals surface area contributed by atoms with E-state index in [0.29, 0.717) is 10.1 Å². The lowest BCUT2D eigenvalue weighted by Crippen LogP contribution is -2.39. The Morgan fingerprint density at radius 1 is 1.10 bits per heavy atom. The van der Waals surface area contributed by atoms with Gasteiger partial charge in [0.1, 0.15) is 0 Å². The van der Waals surface area contributed by atoms with Crippen LogP contribution in [0.3, 0.4) is 0 Å². The van der Waals surface area contributed by atoms with Crippen LogP contribution in [0.25, 0.3) is 0 Å². The largest absolute Gasteiger partial charge is 0.330 e. The van der Waals surface area contributed by atoms with Gasteiger partial charge in [-0.25, -0.2) is 4.79 Å². The highest BCUT2D eigenvalue weighted by molar-refractivity contribution is 14.1. The summed E-state index contributed by atoms with van der Waals surface area (Å²) in [6, 6.07) is 10.2. The van der Waals surface area contributed by atoms with Crippen molar-refractivity contribution in [2.75, 3.05) is 0 Å². The SMILES string of the molecule is Cn1cc(I)c(=O)n(CCCCc2ccccc2)c1=O. The predicted octanol–water partition coefficient (Wildman–Crippen LogP) is 2.17. The molecule has 0 unspecified atom stereocenters. The Morgan fingerprint density at radius 2 is 1.80 bits per heavy atom. The number of unbranched alkanes of at least 4 members (excludes halogenated alkanes) is 1. The van der Waals surface area contributed by atoms with Crippen LogP contribution < -0.4 is 11.2 Å². The Bertz CT molecular complexity index is 655. The second-order valence-electron chi connectivity index (χ2n) is 4.77. The third-order valence-electron chi connectivity index (χ3n) is 3.23. The van der Waals surface area contributed by atoms with Gasteiger partial charge < -0.3 is 4.57 Å². The molecule has 4 nitrogen and oxygen atoms in total. The van der Waals surface area contributed by atoms with E-state index in [9.17, 15) is 9.59 Å². The monoisotopic (exact) mass is 384 g/mol. The molecular weight excluding hydrogens is 367 g/mol. The van der Waals surface area contributed by atoms with Crippen molar-refractivity contribution >= 4 is 22.6 Å². The van der Waals surface area contributed by atoms with Gasteiger partial charge >= 0.3 is 5.69 Å². The van der Waals surface area contributed by atoms with Crippen LogP contribution in [0.5, 0.6) is 0 Å². The Morgan fingerprint density at radius 3 is 2.50 bits per heavy atom. The summed E-state index contributed by atoms with van der Waals surface area (Å²) in [4.78, 5) is 23.9. The molecule has 0 N–H and O–H groups in total. The quantitative estimate of drug-likeness (QED) is 0.586. The second kappa shape index (κ2) is 6.88. The summed E-state index contributed by atoms with van der Waals surface area (Å²) in [7, 11) is 1.67. The highest BCUT2D eigenvalue weighted by Gasteiger charge is 2.07. The fraction of sp³-hybridized carbons (Fsp3) is 0.333. The lowest BCUT2D eigenvalue weighted by Gasteiger charge is -2.08. The zero-order chi connectivity index (χ0) is 14.5. The number of aromatic nitrogens is 2. The number of nitrogens with zero attached hydrogens (tertiary/aromatic N) is 2. The molecule has 0 spiro atoms. The molecule has 0 aliphatic carbocycles. The standard InChI is InChI=1S/C15H17IN2O2/c1-17-11-13(16)14(19)18(15(17)20)10-6-5-9-12-7-3-2-4-8-12/h2-4,7-8,11H,5-6,9-10H2,1H3. The maximum atomic E-state index is 11.9. The Labute approximate surface area is 131 Å². The third-order valence-corrected chi connectivity index (χ3v) is 3.97. The third kappa shape index (κ3) is 3.59. The molecule has 0 saturated carbocycles. The lowest BCUT2D eigenvalue weighted by atomic mass is 10.1. The van der Waals surface area contributed by atoms with E-state index in [0.717, 1.165) is 19.3 Å². The highest BCUT2D eigenvalue weighted by atomic mass is 127. The van der Waals surface area contributed by atoms with Crippen LogP contribution in [0, 0.1) is 3.57 Å². The number of halogens is 1. The summed E-state index contributed by atoms with van der Waals surface area (Å²) in [6.45, 7) is 0.481. The van der Waals surface area contributed by atoms with Gasteiger partial charge in [-0.3, -0.25) is 9.36 Å². The molecule has 0 bridgehead atoms. The molecule has 0 atom stereocenters. The molecule has 20 heavy (non-hydrogen) atoms. The van der Waals surface area contributed by atoms with Gasteiger partial charge in [0.2, 0.25) is 0 Å². The molecule has 0 aliphatic heterocycles. The minimum atomic E-state index is -0.241. The second-order valence-corrected chi connectivity index (χ2v) is 5.93. The van der Waals surface area contributed by atoms with Crippen LogP contribution in [0.2, 0.25) is 0 Å². The summed E-state index contributed by atoms with van der Waals surface area (Å²) < 4.78 is 3.36. The molecule has 5 heteroatoms. The molecule has 2 aromatic rings. The smallest absolute Gasteiger partial charge is 0.302 e. The van der Waals surface area contributed by atoms with E-state index in [1.807, 2.05) is 40.8 Å². The van der Waals surface area contributed by atoms with Crippen LogP contribution >= 0.6 is 22.6 Å². The van der Waals surface area contributed by atoms with Crippen molar-refractivity contribution in [1.29, 1.82) is 0 Å². The van der Waals surface area contributed by atoms with Crippen LogP contribution in [0.15, 0.2) is 46.1 Å². The van der Waals surface area contributed by atoms with Gasteiger partial charge in [0.05, 0.1) is 3.57 Å². The zero-order valence-electron chi connectivity index (χ0n) is 11.4. The fourth-order valence-electron chi connectivity index (χ4n) is 2.13. The molecule has 0 aliphatic rings. The molecule has 106 valence electrons. The molecule has 2 rings (SSSR count). The van der Waals surface area contributed by atoms with Crippen LogP contribution in [0.4, 0.5) is 0 Å². The van der Waals surface area contributed by atoms with Gasteiger partial charge in [-0.1, -0.05) is 30.3 Å². The first kappa shape index (κ1) is 15.0. The Hall–Kier alpha value is -1.37. The summed E-state index contributed by atoms with van der Waals surface area (Å²) in [5.41, 5.74) is 0.860. The van der Waals surface area contributed by atoms with Gasteiger partial charge in [0.25, 0.3) is 5.56 Å². The first-order valence-corrected chi connectivity index (χ1v) is 7.67. The average Bonchev–Trinajstić information content (AvgIpc) is 2.45. The molecule has 1 aromatic heterocycles. The first-order chi connectivity index (χ1) is 9.59. The normalized spacial score (nSPS) is 10.7. The predicted molar refractivity (Wildman–Crippen MR) is 88.0 cm³/mol. The molecule has 1 heterocycles. The molecule has 1 aromatic carbocycles. The van der Waals surface area contributed by atoms with Crippen molar-refractivity contribution in [1.82, 2.24) is 9.13 Å². The van der Waals surface area contributed by atoms with Crippen LogP contribution in [-0.2, 0) is 20.0 Å². The number of hydrogen-bond donors (Lipinski definition) is 0. The van der Waals surface area contributed by atoms with E-state index in [1.165, 1.54) is 14.7 Å². The summed E-state index contributed by atoms with van der Waals surface area (Å²) >= 11 is 1.97. The zero-order valence-corrected chi connectivity index (χ0v) is 13.5. The van der Waals surface area contributed by atoms with Crippen molar-refractivity contribution in [2.24, 2.45) is 7.05 Å². The first-order valence-electron chi connectivity index (χ1n) is 6.59. The van der Waals surface area contributed by atoms with Crippen molar-refractivity contribution in [2.45, 2.75) is 25.8 Å². The molecule has 0 fully saturated rings. The molecule has 0 amide bonds. The van der Waals surface area contributed by atoms with Crippen molar-refractivity contribution in [3.63, 3.8) is 0 Å². The van der Waals surface area contributed by atoms with Gasteiger partial charge in [-0.2, -0.15) is 0 Å². The molecule has 0 saturated heterocycles. The molecule has 0 radical (unpaired) electrons. The van der Waals surface area contributed by atoms with Crippen molar-refractivity contribution in [3.05, 3.63) is 66.5 Å². The number of aryl methyl sites for hydroxylation is 2. The minimum Gasteiger partial charge on any atom is -0.302 e. The van der Waals surface area contributed by atoms with Crippen molar-refractivity contribution < 1.29 is 0 Å². The van der Waals surface area contributed by atoms with E-state index in [-0.39, 0.29) is 11.2 Å². The average molecular weight is 384 g/mol. The van der Waals surface area contributed by atoms with Gasteiger partial charge in [0.15, 0.2) is 0 Å². The minimum absolute atomic E-state index is 0.187. The van der Waals surface area contributed by atoms with Crippen molar-refractivity contribution in [3.8, 4) is 0 Å². The lowest BCUT2D eigenvalue weighted by molar-refractivity contribution is 0.543. The van der Waals surface area contributed by atoms with Gasteiger partial charge in [-0.05, 0) is 47.4 Å². The maximum Gasteiger partial charge on any atom is 0.330 e. The van der Waals surface area contributed by atoms with E-state index in [1.54, 1.807) is 13.2 Å². The summed E-state index contributed by atoms with van der Waals surface area (Å²) in [5.74, 6) is 0. The number of benzene rings is 1. The van der Waals surface area contributed by atoms with E-state index >= 15 is 0 Å². The summed E-state index contributed by atoms with van der Waals surface area (Å²) in [5, 5.41) is 0. The highest BCUT2D eigenvalue weighted by Crippen LogP contribution is 2.05. The Balaban J connectivity index is 1.98. The van der Waals surface area contributed by atoms with E-state index in [2.05, 4.69) is 12.1 Å². The fourth-order valence-corrected chi connectivity index (χ4v) is 2.84. The van der Waals surface area contributed by atoms with Gasteiger partial charge in [0, 0.05) is 19.8 Å². The van der Waals surface area contributed by atoms with E-state index in [4.69, 9.17) is 0 Å². The maximum absolute atomic E-state index is 11.9. The number of hydrogen-bond acceptors (Lipinski definition) is 2. The van der Waals surface area contributed by atoms with Gasteiger partial charge in [-0.15, -0.1) is 0 Å². The van der Waals surface area contributed by atoms with E-state index < -0.39 is 0 Å². The number of rotatable bonds is 5. The summed E-state index contributed by atoms with van der Waals surface area (Å²) in [6.07, 6.45) is 4.33. The topological polar surface area (TPSA) is 44.0 Å². The Kier molecular flexibility index (Phi) is 5.17. The van der Waals surface area contributed by atoms with Crippen LogP contribution in [0.1, 0.15) is 18.4 Å².